The van der Waals surface area contributed by atoms with E-state index < -0.39 is 23.0 Å². The Morgan fingerprint density at radius 2 is 1.81 bits per heavy atom. The molecule has 16 heavy (non-hydrogen) atoms. The number of carboxylic acids is 1. The molecule has 5 nitrogen and oxygen atoms in total. The van der Waals surface area contributed by atoms with Crippen molar-refractivity contribution >= 4 is 12.0 Å². The zero-order valence-electron chi connectivity index (χ0n) is 10.3. The summed E-state index contributed by atoms with van der Waals surface area (Å²) in [5.74, 6) is -0.957. The van der Waals surface area contributed by atoms with Gasteiger partial charge in [-0.3, -0.25) is 4.79 Å². The molecule has 5 heteroatoms. The second-order valence-corrected chi connectivity index (χ2v) is 4.68. The Kier molecular flexibility index (Phi) is 4.53. The van der Waals surface area contributed by atoms with Crippen molar-refractivity contribution in [1.82, 2.24) is 10.6 Å². The van der Waals surface area contributed by atoms with Crippen molar-refractivity contribution < 1.29 is 14.7 Å². The number of carbonyl (C=O) groups is 2. The highest BCUT2D eigenvalue weighted by molar-refractivity contribution is 5.79. The molecule has 3 N–H and O–H groups in total. The quantitative estimate of drug-likeness (QED) is 0.622. The molecular weight excluding hydrogens is 208 g/mol. The summed E-state index contributed by atoms with van der Waals surface area (Å²) in [4.78, 5) is 22.5. The molecule has 0 bridgehead atoms. The SMILES string of the molecule is C=CCNC(=O)NC(C)(C)C(C)(C)C(=O)O. The second kappa shape index (κ2) is 5.01. The lowest BCUT2D eigenvalue weighted by Crippen LogP contribution is -2.59. The van der Waals surface area contributed by atoms with Crippen LogP contribution >= 0.6 is 0 Å². The van der Waals surface area contributed by atoms with Crippen LogP contribution in [0.3, 0.4) is 0 Å². The van der Waals surface area contributed by atoms with Crippen LogP contribution in [0, 0.1) is 5.41 Å². The Hall–Kier alpha value is -1.52. The fourth-order valence-electron chi connectivity index (χ4n) is 0.916. The van der Waals surface area contributed by atoms with E-state index in [4.69, 9.17) is 5.11 Å². The highest BCUT2D eigenvalue weighted by Gasteiger charge is 2.44. The van der Waals surface area contributed by atoms with Gasteiger partial charge < -0.3 is 15.7 Å². The molecule has 0 aromatic carbocycles. The van der Waals surface area contributed by atoms with Crippen LogP contribution in [0.1, 0.15) is 27.7 Å². The lowest BCUT2D eigenvalue weighted by atomic mass is 9.74. The number of rotatable bonds is 5. The van der Waals surface area contributed by atoms with Crippen molar-refractivity contribution in [1.29, 1.82) is 0 Å². The largest absolute Gasteiger partial charge is 0.481 e. The number of hydrogen-bond acceptors (Lipinski definition) is 2. The minimum atomic E-state index is -1.06. The normalized spacial score (nSPS) is 11.8. The number of aliphatic carboxylic acids is 1. The van der Waals surface area contributed by atoms with Crippen LogP contribution in [0.15, 0.2) is 12.7 Å². The van der Waals surface area contributed by atoms with Gasteiger partial charge in [0.15, 0.2) is 0 Å². The summed E-state index contributed by atoms with van der Waals surface area (Å²) in [6, 6.07) is -0.403. The first-order valence-electron chi connectivity index (χ1n) is 5.05. The maximum atomic E-state index is 11.4. The van der Waals surface area contributed by atoms with Gasteiger partial charge in [-0.05, 0) is 27.7 Å². The number of carboxylic acid groups (broad SMARTS) is 1. The van der Waals surface area contributed by atoms with Gasteiger partial charge in [-0.2, -0.15) is 0 Å². The smallest absolute Gasteiger partial charge is 0.315 e. The number of carbonyl (C=O) groups excluding carboxylic acids is 1. The van der Waals surface area contributed by atoms with Gasteiger partial charge in [0.1, 0.15) is 0 Å². The third-order valence-corrected chi connectivity index (χ3v) is 2.93. The molecule has 0 saturated heterocycles. The van der Waals surface area contributed by atoms with E-state index in [1.54, 1.807) is 33.8 Å². The topological polar surface area (TPSA) is 78.4 Å². The minimum Gasteiger partial charge on any atom is -0.481 e. The minimum absolute atomic E-state index is 0.343. The van der Waals surface area contributed by atoms with Crippen molar-refractivity contribution in [2.24, 2.45) is 5.41 Å². The monoisotopic (exact) mass is 228 g/mol. The maximum Gasteiger partial charge on any atom is 0.315 e. The van der Waals surface area contributed by atoms with E-state index in [1.807, 2.05) is 0 Å². The molecule has 2 amide bonds. The predicted octanol–water partition coefficient (Wildman–Crippen LogP) is 1.36. The summed E-state index contributed by atoms with van der Waals surface area (Å²) >= 11 is 0. The maximum absolute atomic E-state index is 11.4. The van der Waals surface area contributed by atoms with Crippen LogP contribution in [-0.2, 0) is 4.79 Å². The highest BCUT2D eigenvalue weighted by atomic mass is 16.4. The Morgan fingerprint density at radius 3 is 2.19 bits per heavy atom. The van der Waals surface area contributed by atoms with Gasteiger partial charge in [-0.1, -0.05) is 6.08 Å². The van der Waals surface area contributed by atoms with Gasteiger partial charge in [0.2, 0.25) is 0 Å². The number of hydrogen-bond donors (Lipinski definition) is 3. The molecule has 0 aliphatic rings. The molecule has 0 saturated carbocycles. The number of urea groups is 1. The fraction of sp³-hybridized carbons (Fsp3) is 0.636. The molecule has 92 valence electrons. The van der Waals surface area contributed by atoms with E-state index in [9.17, 15) is 9.59 Å². The molecular formula is C11H20N2O3. The Morgan fingerprint density at radius 1 is 1.31 bits per heavy atom. The summed E-state index contributed by atoms with van der Waals surface area (Å²) in [7, 11) is 0. The van der Waals surface area contributed by atoms with Gasteiger partial charge in [-0.15, -0.1) is 6.58 Å². The number of amides is 2. The van der Waals surface area contributed by atoms with Gasteiger partial charge in [0, 0.05) is 6.54 Å². The third-order valence-electron chi connectivity index (χ3n) is 2.93. The van der Waals surface area contributed by atoms with E-state index in [1.165, 1.54) is 0 Å². The lowest BCUT2D eigenvalue weighted by molar-refractivity contribution is -0.150. The molecule has 0 aromatic heterocycles. The summed E-state index contributed by atoms with van der Waals surface area (Å²) in [6.07, 6.45) is 1.55. The average Bonchev–Trinajstić information content (AvgIpc) is 2.13. The Bertz CT molecular complexity index is 296. The Labute approximate surface area is 95.9 Å². The molecule has 0 heterocycles. The second-order valence-electron chi connectivity index (χ2n) is 4.68. The molecule has 0 atom stereocenters. The van der Waals surface area contributed by atoms with E-state index in [2.05, 4.69) is 17.2 Å². The van der Waals surface area contributed by atoms with E-state index in [0.29, 0.717) is 6.54 Å². The molecule has 0 aliphatic heterocycles. The van der Waals surface area contributed by atoms with Crippen molar-refractivity contribution in [3.8, 4) is 0 Å². The standard InChI is InChI=1S/C11H20N2O3/c1-6-7-12-9(16)13-11(4,5)10(2,3)8(14)15/h6H,1,7H2,2-5H3,(H,14,15)(H2,12,13,16). The molecule has 0 spiro atoms. The van der Waals surface area contributed by atoms with Gasteiger partial charge >= 0.3 is 12.0 Å². The summed E-state index contributed by atoms with van der Waals surface area (Å²) < 4.78 is 0. The van der Waals surface area contributed by atoms with E-state index >= 15 is 0 Å². The lowest BCUT2D eigenvalue weighted by Gasteiger charge is -2.38. The number of nitrogens with one attached hydrogen (secondary N) is 2. The zero-order valence-corrected chi connectivity index (χ0v) is 10.3. The first-order valence-corrected chi connectivity index (χ1v) is 5.05. The summed E-state index contributed by atoms with van der Waals surface area (Å²) in [6.45, 7) is 10.3. The van der Waals surface area contributed by atoms with E-state index in [-0.39, 0.29) is 0 Å². The third kappa shape index (κ3) is 3.25. The molecule has 0 aliphatic carbocycles. The molecule has 0 radical (unpaired) electrons. The fourth-order valence-corrected chi connectivity index (χ4v) is 0.916. The van der Waals surface area contributed by atoms with Crippen molar-refractivity contribution in [2.45, 2.75) is 33.2 Å². The predicted molar refractivity (Wildman–Crippen MR) is 62.2 cm³/mol. The first-order chi connectivity index (χ1) is 7.15. The highest BCUT2D eigenvalue weighted by Crippen LogP contribution is 2.30. The summed E-state index contributed by atoms with van der Waals surface area (Å²) in [5.41, 5.74) is -1.91. The first kappa shape index (κ1) is 14.5. The van der Waals surface area contributed by atoms with Crippen LogP contribution in [0.5, 0.6) is 0 Å². The van der Waals surface area contributed by atoms with Crippen LogP contribution < -0.4 is 10.6 Å². The Balaban J connectivity index is 4.62. The van der Waals surface area contributed by atoms with Crippen molar-refractivity contribution in [3.05, 3.63) is 12.7 Å². The molecule has 0 rings (SSSR count). The molecule has 0 aromatic rings. The van der Waals surface area contributed by atoms with Gasteiger partial charge in [-0.25, -0.2) is 4.79 Å². The van der Waals surface area contributed by atoms with Crippen molar-refractivity contribution in [2.75, 3.05) is 6.54 Å². The average molecular weight is 228 g/mol. The molecule has 0 fully saturated rings. The zero-order chi connectivity index (χ0) is 13.0. The van der Waals surface area contributed by atoms with Crippen LogP contribution in [0.2, 0.25) is 0 Å². The van der Waals surface area contributed by atoms with Gasteiger partial charge in [0.05, 0.1) is 11.0 Å². The van der Waals surface area contributed by atoms with E-state index in [0.717, 1.165) is 0 Å². The van der Waals surface area contributed by atoms with Crippen LogP contribution in [0.25, 0.3) is 0 Å². The van der Waals surface area contributed by atoms with Crippen LogP contribution in [-0.4, -0.2) is 29.2 Å². The van der Waals surface area contributed by atoms with Crippen LogP contribution in [0.4, 0.5) is 4.79 Å². The molecule has 0 unspecified atom stereocenters. The van der Waals surface area contributed by atoms with Gasteiger partial charge in [0.25, 0.3) is 0 Å². The summed E-state index contributed by atoms with van der Waals surface area (Å²) in [5, 5.41) is 14.3. The van der Waals surface area contributed by atoms with Crippen molar-refractivity contribution in [3.63, 3.8) is 0 Å².